The van der Waals surface area contributed by atoms with E-state index in [1.54, 1.807) is 0 Å². The number of amides is 2. The number of fused-ring (bicyclic) bond motifs is 1. The maximum Gasteiger partial charge on any atom is 0.227 e. The molecule has 2 aliphatic rings. The average Bonchev–Trinajstić information content (AvgIpc) is 3.03. The van der Waals surface area contributed by atoms with Crippen molar-refractivity contribution in [1.29, 1.82) is 0 Å². The van der Waals surface area contributed by atoms with E-state index in [0.29, 0.717) is 39.3 Å². The summed E-state index contributed by atoms with van der Waals surface area (Å²) in [5.74, 6) is 0.214. The Balaban J connectivity index is 1.44. The zero-order valence-electron chi connectivity index (χ0n) is 15.9. The number of ether oxygens (including phenoxy) is 1. The van der Waals surface area contributed by atoms with Crippen LogP contribution in [0.5, 0.6) is 0 Å². The zero-order valence-corrected chi connectivity index (χ0v) is 15.9. The SMILES string of the molecule is Cc1[nH]c2ccccc2c1CC(=O)N1CCCC(C(=O)N2CCOCC2)C1. The van der Waals surface area contributed by atoms with Gasteiger partial charge in [0.2, 0.25) is 11.8 Å². The molecular weight excluding hydrogens is 342 g/mol. The van der Waals surface area contributed by atoms with Gasteiger partial charge >= 0.3 is 0 Å². The predicted octanol–water partition coefficient (Wildman–Crippen LogP) is 2.12. The number of rotatable bonds is 3. The standard InChI is InChI=1S/C21H27N3O3/c1-15-18(17-6-2-3-7-19(17)22-15)13-20(25)24-8-4-5-16(14-24)21(26)23-9-11-27-12-10-23/h2-3,6-7,16,22H,4-5,8-14H2,1H3. The van der Waals surface area contributed by atoms with Crippen LogP contribution in [0.4, 0.5) is 0 Å². The summed E-state index contributed by atoms with van der Waals surface area (Å²) >= 11 is 0. The average molecular weight is 369 g/mol. The molecule has 0 radical (unpaired) electrons. The van der Waals surface area contributed by atoms with Gasteiger partial charge in [0.05, 0.1) is 25.6 Å². The molecule has 144 valence electrons. The third-order valence-corrected chi connectivity index (χ3v) is 5.80. The molecule has 0 bridgehead atoms. The van der Waals surface area contributed by atoms with E-state index >= 15 is 0 Å². The van der Waals surface area contributed by atoms with Crippen molar-refractivity contribution in [3.63, 3.8) is 0 Å². The zero-order chi connectivity index (χ0) is 18.8. The molecular formula is C21H27N3O3. The van der Waals surface area contributed by atoms with Crippen LogP contribution in [-0.2, 0) is 20.7 Å². The Hall–Kier alpha value is -2.34. The van der Waals surface area contributed by atoms with Crippen LogP contribution >= 0.6 is 0 Å². The molecule has 2 saturated heterocycles. The second-order valence-corrected chi connectivity index (χ2v) is 7.57. The first-order valence-electron chi connectivity index (χ1n) is 9.84. The summed E-state index contributed by atoms with van der Waals surface area (Å²) in [7, 11) is 0. The van der Waals surface area contributed by atoms with Crippen molar-refractivity contribution in [1.82, 2.24) is 14.8 Å². The lowest BCUT2D eigenvalue weighted by Crippen LogP contribution is -2.49. The Morgan fingerprint density at radius 3 is 2.74 bits per heavy atom. The molecule has 1 aromatic carbocycles. The molecule has 2 fully saturated rings. The minimum atomic E-state index is -0.0788. The highest BCUT2D eigenvalue weighted by Gasteiger charge is 2.32. The number of piperidine rings is 1. The van der Waals surface area contributed by atoms with Crippen molar-refractivity contribution in [3.05, 3.63) is 35.5 Å². The van der Waals surface area contributed by atoms with Gasteiger partial charge in [-0.15, -0.1) is 0 Å². The highest BCUT2D eigenvalue weighted by atomic mass is 16.5. The third kappa shape index (κ3) is 3.72. The molecule has 1 unspecified atom stereocenters. The van der Waals surface area contributed by atoms with Gasteiger partial charge < -0.3 is 19.5 Å². The summed E-state index contributed by atoms with van der Waals surface area (Å²) in [5.41, 5.74) is 3.18. The highest BCUT2D eigenvalue weighted by molar-refractivity contribution is 5.90. The fourth-order valence-corrected chi connectivity index (χ4v) is 4.27. The number of para-hydroxylation sites is 1. The van der Waals surface area contributed by atoms with Crippen LogP contribution in [0.1, 0.15) is 24.1 Å². The van der Waals surface area contributed by atoms with Crippen LogP contribution in [0, 0.1) is 12.8 Å². The van der Waals surface area contributed by atoms with E-state index in [0.717, 1.165) is 41.5 Å². The van der Waals surface area contributed by atoms with Gasteiger partial charge in [-0.25, -0.2) is 0 Å². The fraction of sp³-hybridized carbons (Fsp3) is 0.524. The third-order valence-electron chi connectivity index (χ3n) is 5.80. The largest absolute Gasteiger partial charge is 0.378 e. The number of nitrogens with zero attached hydrogens (tertiary/aromatic N) is 2. The number of carbonyl (C=O) groups excluding carboxylic acids is 2. The van der Waals surface area contributed by atoms with E-state index in [-0.39, 0.29) is 17.7 Å². The Kier molecular flexibility index (Phi) is 5.16. The number of aromatic nitrogens is 1. The van der Waals surface area contributed by atoms with E-state index in [1.165, 1.54) is 0 Å². The van der Waals surface area contributed by atoms with E-state index in [2.05, 4.69) is 11.1 Å². The number of aryl methyl sites for hydroxylation is 1. The van der Waals surface area contributed by atoms with E-state index in [9.17, 15) is 9.59 Å². The Labute approximate surface area is 159 Å². The topological polar surface area (TPSA) is 65.6 Å². The fourth-order valence-electron chi connectivity index (χ4n) is 4.27. The first-order chi connectivity index (χ1) is 13.1. The number of H-pyrrole nitrogens is 1. The molecule has 0 aliphatic carbocycles. The number of likely N-dealkylation sites (tertiary alicyclic amines) is 1. The first kappa shape index (κ1) is 18.0. The first-order valence-corrected chi connectivity index (χ1v) is 9.84. The van der Waals surface area contributed by atoms with Gasteiger partial charge in [0, 0.05) is 42.8 Å². The molecule has 2 amide bonds. The minimum Gasteiger partial charge on any atom is -0.378 e. The van der Waals surface area contributed by atoms with Gasteiger partial charge in [-0.1, -0.05) is 18.2 Å². The van der Waals surface area contributed by atoms with Crippen LogP contribution in [-0.4, -0.2) is 66.0 Å². The van der Waals surface area contributed by atoms with Crippen molar-refractivity contribution in [2.45, 2.75) is 26.2 Å². The number of hydrogen-bond acceptors (Lipinski definition) is 3. The number of benzene rings is 1. The summed E-state index contributed by atoms with van der Waals surface area (Å²) < 4.78 is 5.34. The van der Waals surface area contributed by atoms with E-state index in [4.69, 9.17) is 4.74 Å². The van der Waals surface area contributed by atoms with Crippen LogP contribution < -0.4 is 0 Å². The maximum absolute atomic E-state index is 13.0. The molecule has 6 heteroatoms. The number of aromatic amines is 1. The van der Waals surface area contributed by atoms with Crippen LogP contribution in [0.25, 0.3) is 10.9 Å². The molecule has 1 atom stereocenters. The summed E-state index contributed by atoms with van der Waals surface area (Å²) in [6.45, 7) is 5.85. The molecule has 6 nitrogen and oxygen atoms in total. The molecule has 3 heterocycles. The Morgan fingerprint density at radius 1 is 1.15 bits per heavy atom. The number of nitrogens with one attached hydrogen (secondary N) is 1. The Morgan fingerprint density at radius 2 is 1.93 bits per heavy atom. The Bertz CT molecular complexity index is 838. The number of hydrogen-bond donors (Lipinski definition) is 1. The summed E-state index contributed by atoms with van der Waals surface area (Å²) in [4.78, 5) is 32.9. The van der Waals surface area contributed by atoms with Crippen LogP contribution in [0.3, 0.4) is 0 Å². The summed E-state index contributed by atoms with van der Waals surface area (Å²) in [6, 6.07) is 8.09. The molecule has 0 spiro atoms. The predicted molar refractivity (Wildman–Crippen MR) is 103 cm³/mol. The van der Waals surface area contributed by atoms with Gasteiger partial charge in [0.25, 0.3) is 0 Å². The molecule has 1 aromatic heterocycles. The molecule has 2 aliphatic heterocycles. The summed E-state index contributed by atoms with van der Waals surface area (Å²) in [6.07, 6.45) is 2.14. The summed E-state index contributed by atoms with van der Waals surface area (Å²) in [5, 5.41) is 1.11. The lowest BCUT2D eigenvalue weighted by Gasteiger charge is -2.36. The van der Waals surface area contributed by atoms with Crippen molar-refractivity contribution in [2.75, 3.05) is 39.4 Å². The molecule has 0 saturated carbocycles. The quantitative estimate of drug-likeness (QED) is 0.901. The van der Waals surface area contributed by atoms with E-state index in [1.807, 2.05) is 34.9 Å². The molecule has 2 aromatic rings. The van der Waals surface area contributed by atoms with Crippen molar-refractivity contribution in [3.8, 4) is 0 Å². The normalized spacial score (nSPS) is 20.9. The van der Waals surface area contributed by atoms with Gasteiger partial charge in [-0.2, -0.15) is 0 Å². The van der Waals surface area contributed by atoms with Gasteiger partial charge in [0.1, 0.15) is 0 Å². The van der Waals surface area contributed by atoms with Crippen molar-refractivity contribution in [2.24, 2.45) is 5.92 Å². The monoisotopic (exact) mass is 369 g/mol. The lowest BCUT2D eigenvalue weighted by atomic mass is 9.95. The van der Waals surface area contributed by atoms with Crippen LogP contribution in [0.15, 0.2) is 24.3 Å². The van der Waals surface area contributed by atoms with E-state index < -0.39 is 0 Å². The van der Waals surface area contributed by atoms with Gasteiger partial charge in [-0.05, 0) is 31.4 Å². The van der Waals surface area contributed by atoms with Gasteiger partial charge in [0.15, 0.2) is 0 Å². The number of morpholine rings is 1. The van der Waals surface area contributed by atoms with Gasteiger partial charge in [-0.3, -0.25) is 9.59 Å². The minimum absolute atomic E-state index is 0.0788. The van der Waals surface area contributed by atoms with Crippen LogP contribution in [0.2, 0.25) is 0 Å². The molecule has 4 rings (SSSR count). The highest BCUT2D eigenvalue weighted by Crippen LogP contribution is 2.25. The maximum atomic E-state index is 13.0. The number of carbonyl (C=O) groups is 2. The molecule has 1 N–H and O–H groups in total. The second kappa shape index (κ2) is 7.72. The molecule has 27 heavy (non-hydrogen) atoms. The smallest absolute Gasteiger partial charge is 0.227 e. The van der Waals surface area contributed by atoms with Crippen molar-refractivity contribution >= 4 is 22.7 Å². The lowest BCUT2D eigenvalue weighted by molar-refractivity contribution is -0.143. The van der Waals surface area contributed by atoms with Crippen molar-refractivity contribution < 1.29 is 14.3 Å². The second-order valence-electron chi connectivity index (χ2n) is 7.57.